The van der Waals surface area contributed by atoms with Crippen LogP contribution in [0.2, 0.25) is 0 Å². The number of carboxylic acids is 1. The van der Waals surface area contributed by atoms with Crippen molar-refractivity contribution >= 4 is 28.3 Å². The maximum atomic E-state index is 12.3. The van der Waals surface area contributed by atoms with Gasteiger partial charge in [0.25, 0.3) is 0 Å². The summed E-state index contributed by atoms with van der Waals surface area (Å²) < 4.78 is 0. The maximum Gasteiger partial charge on any atom is 0.347 e. The lowest BCUT2D eigenvalue weighted by Gasteiger charge is -2.34. The van der Waals surface area contributed by atoms with Crippen molar-refractivity contribution in [2.75, 3.05) is 31.1 Å². The Morgan fingerprint density at radius 1 is 1.12 bits per heavy atom. The standard InChI is InChI=1S/C17H19N3O3S/c21-15(7-6-13-4-2-1-3-5-13)19-8-10-20(11-9-19)17-18-12-14(24-17)16(22)23/h1-5,12H,6-11H2,(H,22,23). The van der Waals surface area contributed by atoms with E-state index < -0.39 is 5.97 Å². The summed E-state index contributed by atoms with van der Waals surface area (Å²) in [6.45, 7) is 2.67. The second kappa shape index (κ2) is 7.44. The van der Waals surface area contributed by atoms with Crippen LogP contribution in [0.15, 0.2) is 36.5 Å². The highest BCUT2D eigenvalue weighted by Gasteiger charge is 2.23. The van der Waals surface area contributed by atoms with Gasteiger partial charge in [-0.1, -0.05) is 41.7 Å². The summed E-state index contributed by atoms with van der Waals surface area (Å²) in [4.78, 5) is 31.6. The summed E-state index contributed by atoms with van der Waals surface area (Å²) in [7, 11) is 0. The number of nitrogens with zero attached hydrogens (tertiary/aromatic N) is 3. The molecule has 6 nitrogen and oxygen atoms in total. The Hall–Kier alpha value is -2.41. The molecule has 0 aliphatic carbocycles. The predicted molar refractivity (Wildman–Crippen MR) is 92.6 cm³/mol. The Labute approximate surface area is 144 Å². The highest BCUT2D eigenvalue weighted by Crippen LogP contribution is 2.23. The quantitative estimate of drug-likeness (QED) is 0.898. The predicted octanol–water partition coefficient (Wildman–Crippen LogP) is 2.12. The van der Waals surface area contributed by atoms with Gasteiger partial charge < -0.3 is 14.9 Å². The number of aromatic nitrogens is 1. The van der Waals surface area contributed by atoms with E-state index in [-0.39, 0.29) is 10.8 Å². The highest BCUT2D eigenvalue weighted by atomic mass is 32.1. The summed E-state index contributed by atoms with van der Waals surface area (Å²) in [5.74, 6) is -0.780. The fraction of sp³-hybridized carbons (Fsp3) is 0.353. The molecule has 24 heavy (non-hydrogen) atoms. The summed E-state index contributed by atoms with van der Waals surface area (Å²) >= 11 is 1.18. The molecule has 1 aliphatic heterocycles. The van der Waals surface area contributed by atoms with Gasteiger partial charge in [0.2, 0.25) is 5.91 Å². The number of hydrogen-bond acceptors (Lipinski definition) is 5. The third-order valence-electron chi connectivity index (χ3n) is 4.08. The summed E-state index contributed by atoms with van der Waals surface area (Å²) in [6.07, 6.45) is 2.67. The first-order chi connectivity index (χ1) is 11.6. The highest BCUT2D eigenvalue weighted by molar-refractivity contribution is 7.17. The van der Waals surface area contributed by atoms with Crippen molar-refractivity contribution in [3.63, 3.8) is 0 Å². The SMILES string of the molecule is O=C(O)c1cnc(N2CCN(C(=O)CCc3ccccc3)CC2)s1. The molecule has 2 heterocycles. The number of amides is 1. The maximum absolute atomic E-state index is 12.3. The van der Waals surface area contributed by atoms with Crippen LogP contribution in [0.5, 0.6) is 0 Å². The van der Waals surface area contributed by atoms with Crippen molar-refractivity contribution < 1.29 is 14.7 Å². The van der Waals surface area contributed by atoms with E-state index in [2.05, 4.69) is 4.98 Å². The lowest BCUT2D eigenvalue weighted by atomic mass is 10.1. The number of hydrogen-bond donors (Lipinski definition) is 1. The number of thiazole rings is 1. The average molecular weight is 345 g/mol. The molecule has 0 radical (unpaired) electrons. The van der Waals surface area contributed by atoms with Crippen LogP contribution in [0.1, 0.15) is 21.7 Å². The van der Waals surface area contributed by atoms with E-state index in [4.69, 9.17) is 5.11 Å². The molecule has 1 amide bonds. The molecule has 7 heteroatoms. The molecule has 0 unspecified atom stereocenters. The zero-order valence-electron chi connectivity index (χ0n) is 13.2. The monoisotopic (exact) mass is 345 g/mol. The number of aromatic carboxylic acids is 1. The van der Waals surface area contributed by atoms with Crippen LogP contribution < -0.4 is 4.90 Å². The van der Waals surface area contributed by atoms with E-state index >= 15 is 0 Å². The largest absolute Gasteiger partial charge is 0.477 e. The van der Waals surface area contributed by atoms with E-state index in [1.54, 1.807) is 0 Å². The fourth-order valence-electron chi connectivity index (χ4n) is 2.71. The van der Waals surface area contributed by atoms with Crippen LogP contribution in [0.3, 0.4) is 0 Å². The van der Waals surface area contributed by atoms with Gasteiger partial charge in [0.15, 0.2) is 5.13 Å². The Bertz CT molecular complexity index is 709. The van der Waals surface area contributed by atoms with Gasteiger partial charge in [-0.25, -0.2) is 9.78 Å². The van der Waals surface area contributed by atoms with Crippen LogP contribution in [-0.4, -0.2) is 53.0 Å². The van der Waals surface area contributed by atoms with Gasteiger partial charge in [-0.2, -0.15) is 0 Å². The molecule has 0 bridgehead atoms. The molecule has 1 aromatic carbocycles. The van der Waals surface area contributed by atoms with E-state index in [0.717, 1.165) is 6.42 Å². The van der Waals surface area contributed by atoms with E-state index in [0.29, 0.717) is 37.7 Å². The first-order valence-electron chi connectivity index (χ1n) is 7.89. The van der Waals surface area contributed by atoms with Gasteiger partial charge in [0, 0.05) is 32.6 Å². The zero-order chi connectivity index (χ0) is 16.9. The Morgan fingerprint density at radius 3 is 2.46 bits per heavy atom. The number of benzene rings is 1. The molecule has 2 aromatic rings. The first kappa shape index (κ1) is 16.4. The summed E-state index contributed by atoms with van der Waals surface area (Å²) in [5.41, 5.74) is 1.17. The number of aryl methyl sites for hydroxylation is 1. The minimum Gasteiger partial charge on any atom is -0.477 e. The van der Waals surface area contributed by atoms with Gasteiger partial charge >= 0.3 is 5.97 Å². The van der Waals surface area contributed by atoms with Gasteiger partial charge in [-0.15, -0.1) is 0 Å². The number of carbonyl (C=O) groups excluding carboxylic acids is 1. The van der Waals surface area contributed by atoms with E-state index in [1.165, 1.54) is 23.1 Å². The molecule has 1 saturated heterocycles. The molecule has 0 saturated carbocycles. The number of anilines is 1. The fourth-order valence-corrected chi connectivity index (χ4v) is 3.52. The average Bonchev–Trinajstić information content (AvgIpc) is 3.11. The van der Waals surface area contributed by atoms with Gasteiger partial charge in [0.1, 0.15) is 4.88 Å². The van der Waals surface area contributed by atoms with Crippen LogP contribution >= 0.6 is 11.3 Å². The second-order valence-electron chi connectivity index (χ2n) is 5.67. The first-order valence-corrected chi connectivity index (χ1v) is 8.71. The third-order valence-corrected chi connectivity index (χ3v) is 5.12. The third kappa shape index (κ3) is 3.91. The Balaban J connectivity index is 1.49. The van der Waals surface area contributed by atoms with Crippen molar-refractivity contribution in [1.29, 1.82) is 0 Å². The number of carboxylic acid groups (broad SMARTS) is 1. The number of piperazine rings is 1. The molecule has 1 fully saturated rings. The molecule has 3 rings (SSSR count). The van der Waals surface area contributed by atoms with Crippen molar-refractivity contribution in [2.45, 2.75) is 12.8 Å². The minimum atomic E-state index is -0.950. The lowest BCUT2D eigenvalue weighted by Crippen LogP contribution is -2.48. The van der Waals surface area contributed by atoms with Crippen LogP contribution in [0, 0.1) is 0 Å². The molecular weight excluding hydrogens is 326 g/mol. The molecule has 1 aromatic heterocycles. The molecule has 126 valence electrons. The van der Waals surface area contributed by atoms with E-state index in [1.807, 2.05) is 40.1 Å². The van der Waals surface area contributed by atoms with Crippen LogP contribution in [0.25, 0.3) is 0 Å². The van der Waals surface area contributed by atoms with Crippen molar-refractivity contribution in [2.24, 2.45) is 0 Å². The number of rotatable bonds is 5. The lowest BCUT2D eigenvalue weighted by molar-refractivity contribution is -0.131. The van der Waals surface area contributed by atoms with E-state index in [9.17, 15) is 9.59 Å². The molecular formula is C17H19N3O3S. The normalized spacial score (nSPS) is 14.7. The summed E-state index contributed by atoms with van der Waals surface area (Å²) in [6, 6.07) is 10.0. The second-order valence-corrected chi connectivity index (χ2v) is 6.67. The zero-order valence-corrected chi connectivity index (χ0v) is 14.0. The van der Waals surface area contributed by atoms with Gasteiger partial charge in [-0.05, 0) is 12.0 Å². The molecule has 0 atom stereocenters. The molecule has 1 N–H and O–H groups in total. The Kier molecular flexibility index (Phi) is 5.10. The van der Waals surface area contributed by atoms with Gasteiger partial charge in [-0.3, -0.25) is 4.79 Å². The smallest absolute Gasteiger partial charge is 0.347 e. The van der Waals surface area contributed by atoms with Crippen LogP contribution in [0.4, 0.5) is 5.13 Å². The van der Waals surface area contributed by atoms with Crippen molar-refractivity contribution in [3.05, 3.63) is 47.0 Å². The molecule has 1 aliphatic rings. The molecule has 0 spiro atoms. The number of carbonyl (C=O) groups is 2. The minimum absolute atomic E-state index is 0.170. The Morgan fingerprint density at radius 2 is 1.83 bits per heavy atom. The topological polar surface area (TPSA) is 73.7 Å². The van der Waals surface area contributed by atoms with Gasteiger partial charge in [0.05, 0.1) is 6.20 Å². The van der Waals surface area contributed by atoms with Crippen LogP contribution in [-0.2, 0) is 11.2 Å². The van der Waals surface area contributed by atoms with Crippen molar-refractivity contribution in [1.82, 2.24) is 9.88 Å². The summed E-state index contributed by atoms with van der Waals surface area (Å²) in [5, 5.41) is 9.68. The van der Waals surface area contributed by atoms with Crippen molar-refractivity contribution in [3.8, 4) is 0 Å².